The van der Waals surface area contributed by atoms with Gasteiger partial charge in [0.05, 0.1) is 13.2 Å². The van der Waals surface area contributed by atoms with Gasteiger partial charge in [-0.3, -0.25) is 19.2 Å². The fourth-order valence-electron chi connectivity index (χ4n) is 4.63. The van der Waals surface area contributed by atoms with Crippen molar-refractivity contribution in [3.8, 4) is 11.1 Å². The first-order valence-corrected chi connectivity index (χ1v) is 13.3. The van der Waals surface area contributed by atoms with Crippen LogP contribution in [0.1, 0.15) is 66.4 Å². The van der Waals surface area contributed by atoms with Crippen LogP contribution in [0.15, 0.2) is 42.5 Å². The highest BCUT2D eigenvalue weighted by Crippen LogP contribution is 2.45. The maximum atomic E-state index is 12.9. The predicted octanol–water partition coefficient (Wildman–Crippen LogP) is 4.13. The van der Waals surface area contributed by atoms with Gasteiger partial charge in [-0.1, -0.05) is 48.4 Å². The number of rotatable bonds is 13. The number of nitrogens with zero attached hydrogens (tertiary/aromatic N) is 1. The van der Waals surface area contributed by atoms with Crippen molar-refractivity contribution in [2.45, 2.75) is 44.9 Å². The number of amides is 3. The van der Waals surface area contributed by atoms with Crippen molar-refractivity contribution < 1.29 is 43.0 Å². The summed E-state index contributed by atoms with van der Waals surface area (Å²) in [5.41, 5.74) is 4.22. The fraction of sp³-hybridized carbons (Fsp3) is 0.414. The number of nitrogens with one attached hydrogen (secondary N) is 1. The molecule has 0 radical (unpaired) electrons. The lowest BCUT2D eigenvalue weighted by Gasteiger charge is -2.16. The molecule has 0 bridgehead atoms. The first kappa shape index (κ1) is 28.8. The average Bonchev–Trinajstić information content (AvgIpc) is 3.45. The quantitative estimate of drug-likeness (QED) is 0.168. The van der Waals surface area contributed by atoms with E-state index in [0.717, 1.165) is 28.7 Å². The third-order valence-corrected chi connectivity index (χ3v) is 6.56. The average molecular weight is 553 g/mol. The zero-order chi connectivity index (χ0) is 28.5. The summed E-state index contributed by atoms with van der Waals surface area (Å²) < 4.78 is 15.7. The Morgan fingerprint density at radius 1 is 0.925 bits per heavy atom. The molecule has 0 saturated carbocycles. The van der Waals surface area contributed by atoms with E-state index < -0.39 is 24.1 Å². The molecule has 40 heavy (non-hydrogen) atoms. The molecule has 11 nitrogen and oxygen atoms in total. The minimum absolute atomic E-state index is 0.00874. The number of carbonyl (C=O) groups excluding carboxylic acids is 5. The normalized spacial score (nSPS) is 15.4. The summed E-state index contributed by atoms with van der Waals surface area (Å²) in [7, 11) is 0. The molecule has 1 aliphatic carbocycles. The van der Waals surface area contributed by atoms with Crippen LogP contribution in [-0.2, 0) is 28.6 Å². The summed E-state index contributed by atoms with van der Waals surface area (Å²) in [6.45, 7) is 3.20. The second-order valence-corrected chi connectivity index (χ2v) is 9.38. The summed E-state index contributed by atoms with van der Waals surface area (Å²) in [6.07, 6.45) is -0.0856. The van der Waals surface area contributed by atoms with Crippen molar-refractivity contribution >= 4 is 29.8 Å². The largest absolute Gasteiger partial charge is 0.533 e. The van der Waals surface area contributed by atoms with Crippen LogP contribution in [-0.4, -0.2) is 67.9 Å². The molecule has 3 amide bonds. The molecule has 1 unspecified atom stereocenters. The second kappa shape index (κ2) is 13.7. The Balaban J connectivity index is 1.30. The highest BCUT2D eigenvalue weighted by Gasteiger charge is 2.35. The van der Waals surface area contributed by atoms with Crippen LogP contribution in [0.2, 0.25) is 0 Å². The minimum Gasteiger partial charge on any atom is -0.450 e. The maximum absolute atomic E-state index is 12.9. The number of hydrogen-bond acceptors (Lipinski definition) is 9. The van der Waals surface area contributed by atoms with E-state index >= 15 is 0 Å². The van der Waals surface area contributed by atoms with Crippen molar-refractivity contribution in [3.63, 3.8) is 0 Å². The second-order valence-electron chi connectivity index (χ2n) is 9.38. The monoisotopic (exact) mass is 552 g/mol. The van der Waals surface area contributed by atoms with Crippen LogP contribution >= 0.6 is 0 Å². The van der Waals surface area contributed by atoms with E-state index in [0.29, 0.717) is 43.4 Å². The number of ketones is 1. The lowest BCUT2D eigenvalue weighted by atomic mass is 9.95. The molecule has 1 heterocycles. The van der Waals surface area contributed by atoms with Crippen molar-refractivity contribution in [1.82, 2.24) is 10.4 Å². The predicted molar refractivity (Wildman–Crippen MR) is 141 cm³/mol. The van der Waals surface area contributed by atoms with Gasteiger partial charge in [-0.15, -0.1) is 0 Å². The van der Waals surface area contributed by atoms with Crippen LogP contribution in [0, 0.1) is 0 Å². The van der Waals surface area contributed by atoms with Crippen LogP contribution in [0.4, 0.5) is 9.59 Å². The molecule has 2 aromatic rings. The SMILES string of the molecule is CCCOC(=O)NCCOCCCC(=O)c1ccc2c(c1)C(COC(=O)ON1C(=O)CCC1=O)c1ccccc1-2. The molecule has 2 aromatic carbocycles. The standard InChI is InChI=1S/C29H32N2O9/c1-2-14-38-28(35)30-13-16-37-15-5-8-25(32)19-9-10-22-20-6-3-4-7-21(20)24(23(22)17-19)18-39-29(36)40-31-26(33)11-12-27(31)34/h3-4,6-7,9-10,17,24H,2,5,8,11-16,18H2,1H3,(H,30,35). The van der Waals surface area contributed by atoms with Gasteiger partial charge in [-0.05, 0) is 41.2 Å². The van der Waals surface area contributed by atoms with E-state index in [-0.39, 0.29) is 37.6 Å². The molecule has 1 aliphatic heterocycles. The number of imide groups is 1. The molecular formula is C29H32N2O9. The summed E-state index contributed by atoms with van der Waals surface area (Å²) in [5, 5.41) is 3.03. The van der Waals surface area contributed by atoms with Gasteiger partial charge in [-0.2, -0.15) is 0 Å². The summed E-state index contributed by atoms with van der Waals surface area (Å²) >= 11 is 0. The molecule has 4 rings (SSSR count). The van der Waals surface area contributed by atoms with E-state index in [1.165, 1.54) is 0 Å². The van der Waals surface area contributed by atoms with Gasteiger partial charge in [-0.25, -0.2) is 9.59 Å². The number of carbonyl (C=O) groups is 5. The van der Waals surface area contributed by atoms with E-state index in [2.05, 4.69) is 5.32 Å². The number of ether oxygens (including phenoxy) is 3. The molecular weight excluding hydrogens is 520 g/mol. The molecule has 1 saturated heterocycles. The molecule has 0 aromatic heterocycles. The van der Waals surface area contributed by atoms with Gasteiger partial charge in [0.15, 0.2) is 5.78 Å². The molecule has 1 N–H and O–H groups in total. The van der Waals surface area contributed by atoms with E-state index in [1.54, 1.807) is 6.07 Å². The fourth-order valence-corrected chi connectivity index (χ4v) is 4.63. The Morgan fingerprint density at radius 3 is 2.45 bits per heavy atom. The third-order valence-electron chi connectivity index (χ3n) is 6.56. The summed E-state index contributed by atoms with van der Waals surface area (Å²) in [6, 6.07) is 13.2. The van der Waals surface area contributed by atoms with Crippen molar-refractivity contribution in [2.24, 2.45) is 0 Å². The lowest BCUT2D eigenvalue weighted by Crippen LogP contribution is -2.32. The Labute approximate surface area is 231 Å². The summed E-state index contributed by atoms with van der Waals surface area (Å²) in [5.74, 6) is -1.57. The molecule has 11 heteroatoms. The van der Waals surface area contributed by atoms with Gasteiger partial charge in [0.1, 0.15) is 6.61 Å². The van der Waals surface area contributed by atoms with Crippen LogP contribution in [0.25, 0.3) is 11.1 Å². The highest BCUT2D eigenvalue weighted by atomic mass is 16.8. The molecule has 0 spiro atoms. The van der Waals surface area contributed by atoms with Gasteiger partial charge >= 0.3 is 12.2 Å². The van der Waals surface area contributed by atoms with Crippen LogP contribution < -0.4 is 5.32 Å². The minimum atomic E-state index is -1.14. The van der Waals surface area contributed by atoms with Gasteiger partial charge < -0.3 is 19.5 Å². The highest BCUT2D eigenvalue weighted by molar-refractivity contribution is 6.01. The smallest absolute Gasteiger partial charge is 0.450 e. The third kappa shape index (κ3) is 7.03. The van der Waals surface area contributed by atoms with E-state index in [9.17, 15) is 24.0 Å². The van der Waals surface area contributed by atoms with Gasteiger partial charge in [0, 0.05) is 43.9 Å². The molecule has 1 atom stereocenters. The van der Waals surface area contributed by atoms with Gasteiger partial charge in [0.2, 0.25) is 0 Å². The first-order chi connectivity index (χ1) is 19.4. The molecule has 2 aliphatic rings. The van der Waals surface area contributed by atoms with Gasteiger partial charge in [0.25, 0.3) is 11.8 Å². The van der Waals surface area contributed by atoms with Crippen molar-refractivity contribution in [3.05, 3.63) is 59.2 Å². The number of alkyl carbamates (subject to hydrolysis) is 1. The van der Waals surface area contributed by atoms with Crippen LogP contribution in [0.3, 0.4) is 0 Å². The Kier molecular flexibility index (Phi) is 9.85. The topological polar surface area (TPSA) is 138 Å². The maximum Gasteiger partial charge on any atom is 0.533 e. The zero-order valence-corrected chi connectivity index (χ0v) is 22.3. The number of hydroxylamine groups is 2. The van der Waals surface area contributed by atoms with Crippen molar-refractivity contribution in [1.29, 1.82) is 0 Å². The molecule has 1 fully saturated rings. The molecule has 212 valence electrons. The van der Waals surface area contributed by atoms with Crippen molar-refractivity contribution in [2.75, 3.05) is 33.0 Å². The Morgan fingerprint density at radius 2 is 1.68 bits per heavy atom. The zero-order valence-electron chi connectivity index (χ0n) is 22.3. The van der Waals surface area contributed by atoms with E-state index in [4.69, 9.17) is 19.0 Å². The number of Topliss-reactive ketones (excluding diaryl/α,β-unsaturated/α-hetero) is 1. The Hall–Kier alpha value is -4.25. The number of hydrogen-bond donors (Lipinski definition) is 1. The number of fused-ring (bicyclic) bond motifs is 3. The first-order valence-electron chi connectivity index (χ1n) is 13.3. The number of benzene rings is 2. The van der Waals surface area contributed by atoms with Crippen LogP contribution in [0.5, 0.6) is 0 Å². The van der Waals surface area contributed by atoms with E-state index in [1.807, 2.05) is 43.3 Å². The summed E-state index contributed by atoms with van der Waals surface area (Å²) in [4.78, 5) is 64.8. The lowest BCUT2D eigenvalue weighted by molar-refractivity contribution is -0.177. The Bertz CT molecular complexity index is 1260.